The number of amides is 1. The fraction of sp³-hybridized carbons (Fsp3) is 0.533. The van der Waals surface area contributed by atoms with Crippen molar-refractivity contribution in [1.82, 2.24) is 15.4 Å². The molecule has 0 saturated carbocycles. The predicted molar refractivity (Wildman–Crippen MR) is 102 cm³/mol. The minimum Gasteiger partial charge on any atom is -0.356 e. The van der Waals surface area contributed by atoms with Gasteiger partial charge in [0.15, 0.2) is 0 Å². The summed E-state index contributed by atoms with van der Waals surface area (Å²) in [5, 5.41) is 6.17. The highest BCUT2D eigenvalue weighted by molar-refractivity contribution is 7.89. The zero-order valence-electron chi connectivity index (χ0n) is 13.6. The minimum absolute atomic E-state index is 0. The third kappa shape index (κ3) is 6.92. The summed E-state index contributed by atoms with van der Waals surface area (Å²) in [6.45, 7) is 2.62. The molecule has 1 aromatic carbocycles. The lowest BCUT2D eigenvalue weighted by Gasteiger charge is -2.11. The summed E-state index contributed by atoms with van der Waals surface area (Å²) < 4.78 is 26.8. The number of hydrogen-bond donors (Lipinski definition) is 3. The second-order valence-corrected chi connectivity index (χ2v) is 8.21. The van der Waals surface area contributed by atoms with Crippen LogP contribution in [0.15, 0.2) is 23.1 Å². The lowest BCUT2D eigenvalue weighted by molar-refractivity contribution is -0.120. The number of hydrogen-bond acceptors (Lipinski definition) is 4. The molecule has 25 heavy (non-hydrogen) atoms. The Morgan fingerprint density at radius 3 is 2.52 bits per heavy atom. The molecule has 1 saturated heterocycles. The molecular formula is C15H22Cl3N3O3S. The molecule has 0 radical (unpaired) electrons. The van der Waals surface area contributed by atoms with Crippen LogP contribution in [-0.4, -0.2) is 40.5 Å². The number of benzene rings is 1. The molecule has 1 aliphatic rings. The van der Waals surface area contributed by atoms with Crippen molar-refractivity contribution in [2.75, 3.05) is 26.2 Å². The third-order valence-corrected chi connectivity index (χ3v) is 6.28. The predicted octanol–water partition coefficient (Wildman–Crippen LogP) is 2.20. The van der Waals surface area contributed by atoms with E-state index in [9.17, 15) is 13.2 Å². The van der Waals surface area contributed by atoms with Crippen LogP contribution >= 0.6 is 35.6 Å². The number of carbonyl (C=O) groups excluding carboxylic acids is 1. The molecule has 0 bridgehead atoms. The van der Waals surface area contributed by atoms with E-state index in [4.69, 9.17) is 23.2 Å². The second-order valence-electron chi connectivity index (χ2n) is 5.70. The van der Waals surface area contributed by atoms with Crippen molar-refractivity contribution in [3.63, 3.8) is 0 Å². The van der Waals surface area contributed by atoms with Crippen LogP contribution in [0.3, 0.4) is 0 Å². The van der Waals surface area contributed by atoms with E-state index < -0.39 is 10.0 Å². The van der Waals surface area contributed by atoms with Crippen molar-refractivity contribution in [3.05, 3.63) is 28.2 Å². The van der Waals surface area contributed by atoms with E-state index >= 15 is 0 Å². The molecule has 1 unspecified atom stereocenters. The van der Waals surface area contributed by atoms with Crippen molar-refractivity contribution >= 4 is 51.5 Å². The third-order valence-electron chi connectivity index (χ3n) is 3.87. The molecule has 142 valence electrons. The maximum atomic E-state index is 12.2. The lowest BCUT2D eigenvalue weighted by Crippen LogP contribution is -2.32. The maximum Gasteiger partial charge on any atom is 0.243 e. The van der Waals surface area contributed by atoms with Crippen molar-refractivity contribution in [1.29, 1.82) is 0 Å². The van der Waals surface area contributed by atoms with Gasteiger partial charge < -0.3 is 10.6 Å². The number of sulfonamides is 1. The summed E-state index contributed by atoms with van der Waals surface area (Å²) >= 11 is 11.8. The van der Waals surface area contributed by atoms with Crippen molar-refractivity contribution in [3.8, 4) is 0 Å². The van der Waals surface area contributed by atoms with Gasteiger partial charge >= 0.3 is 0 Å². The molecule has 1 aliphatic heterocycles. The van der Waals surface area contributed by atoms with Gasteiger partial charge in [0.05, 0.1) is 10.0 Å². The van der Waals surface area contributed by atoms with E-state index in [1.807, 2.05) is 0 Å². The summed E-state index contributed by atoms with van der Waals surface area (Å²) in [6, 6.07) is 4.47. The lowest BCUT2D eigenvalue weighted by atomic mass is 10.1. The Bertz CT molecular complexity index is 660. The van der Waals surface area contributed by atoms with Crippen LogP contribution in [0.5, 0.6) is 0 Å². The van der Waals surface area contributed by atoms with Crippen LogP contribution in [0.2, 0.25) is 10.0 Å². The Hall–Kier alpha value is -0.570. The Morgan fingerprint density at radius 2 is 1.92 bits per heavy atom. The smallest absolute Gasteiger partial charge is 0.243 e. The fourth-order valence-electron chi connectivity index (χ4n) is 2.58. The highest BCUT2D eigenvalue weighted by Gasteiger charge is 2.21. The molecule has 1 aromatic rings. The summed E-state index contributed by atoms with van der Waals surface area (Å²) in [6.07, 6.45) is 2.12. The van der Waals surface area contributed by atoms with Crippen molar-refractivity contribution in [2.45, 2.75) is 24.2 Å². The summed E-state index contributed by atoms with van der Waals surface area (Å²) in [7, 11) is -3.85. The van der Waals surface area contributed by atoms with Gasteiger partial charge in [-0.15, -0.1) is 12.4 Å². The molecule has 1 amide bonds. The normalized spacial score (nSPS) is 17.1. The number of halogens is 3. The monoisotopic (exact) mass is 429 g/mol. The van der Waals surface area contributed by atoms with Gasteiger partial charge in [-0.2, -0.15) is 0 Å². The molecule has 1 fully saturated rings. The highest BCUT2D eigenvalue weighted by Crippen LogP contribution is 2.28. The first-order chi connectivity index (χ1) is 11.4. The molecule has 1 atom stereocenters. The van der Waals surface area contributed by atoms with E-state index in [0.717, 1.165) is 25.9 Å². The first kappa shape index (κ1) is 22.5. The van der Waals surface area contributed by atoms with Gasteiger partial charge in [0.1, 0.15) is 4.90 Å². The number of nitrogens with one attached hydrogen (secondary N) is 3. The van der Waals surface area contributed by atoms with Crippen LogP contribution in [-0.2, 0) is 14.8 Å². The minimum atomic E-state index is -3.85. The summed E-state index contributed by atoms with van der Waals surface area (Å²) in [5.74, 6) is 0.417. The largest absolute Gasteiger partial charge is 0.356 e. The standard InChI is InChI=1S/C15H21Cl2N3O3S.ClH/c16-12-2-1-3-13(17)15(12)24(22,23)20-9-6-14(21)19-8-5-11-4-7-18-10-11;/h1-3,11,18,20H,4-10H2,(H,19,21);1H. The Labute approximate surface area is 164 Å². The van der Waals surface area contributed by atoms with Gasteiger partial charge in [0, 0.05) is 19.5 Å². The number of rotatable bonds is 8. The molecule has 0 aromatic heterocycles. The second kappa shape index (κ2) is 10.5. The van der Waals surface area contributed by atoms with Crippen LogP contribution < -0.4 is 15.4 Å². The Kier molecular flexibility index (Phi) is 9.48. The van der Waals surface area contributed by atoms with Crippen LogP contribution in [0.1, 0.15) is 19.3 Å². The van der Waals surface area contributed by atoms with E-state index in [1.54, 1.807) is 6.07 Å². The van der Waals surface area contributed by atoms with Crippen LogP contribution in [0, 0.1) is 5.92 Å². The van der Waals surface area contributed by atoms with E-state index in [0.29, 0.717) is 12.5 Å². The first-order valence-electron chi connectivity index (χ1n) is 7.81. The van der Waals surface area contributed by atoms with Crippen molar-refractivity contribution < 1.29 is 13.2 Å². The first-order valence-corrected chi connectivity index (χ1v) is 10.0. The maximum absolute atomic E-state index is 12.2. The Morgan fingerprint density at radius 1 is 1.24 bits per heavy atom. The number of carbonyl (C=O) groups is 1. The molecule has 2 rings (SSSR count). The topological polar surface area (TPSA) is 87.3 Å². The summed E-state index contributed by atoms with van der Waals surface area (Å²) in [4.78, 5) is 11.6. The zero-order valence-corrected chi connectivity index (χ0v) is 16.7. The molecule has 0 aliphatic carbocycles. The molecule has 1 heterocycles. The fourth-order valence-corrected chi connectivity index (χ4v) is 4.75. The highest BCUT2D eigenvalue weighted by atomic mass is 35.5. The molecular weight excluding hydrogens is 409 g/mol. The van der Waals surface area contributed by atoms with E-state index in [2.05, 4.69) is 15.4 Å². The zero-order chi connectivity index (χ0) is 17.6. The summed E-state index contributed by atoms with van der Waals surface area (Å²) in [5.41, 5.74) is 0. The van der Waals surface area contributed by atoms with Gasteiger partial charge in [0.2, 0.25) is 15.9 Å². The molecule has 10 heteroatoms. The van der Waals surface area contributed by atoms with Crippen molar-refractivity contribution in [2.24, 2.45) is 5.92 Å². The average Bonchev–Trinajstić information content (AvgIpc) is 3.00. The van der Waals surface area contributed by atoms with Gasteiger partial charge in [-0.05, 0) is 44.0 Å². The van der Waals surface area contributed by atoms with E-state index in [1.165, 1.54) is 12.1 Å². The van der Waals surface area contributed by atoms with Gasteiger partial charge in [0.25, 0.3) is 0 Å². The quantitative estimate of drug-likeness (QED) is 0.590. The average molecular weight is 431 g/mol. The Balaban J connectivity index is 0.00000312. The van der Waals surface area contributed by atoms with Gasteiger partial charge in [-0.25, -0.2) is 13.1 Å². The van der Waals surface area contributed by atoms with Gasteiger partial charge in [-0.1, -0.05) is 29.3 Å². The molecule has 3 N–H and O–H groups in total. The SMILES string of the molecule is Cl.O=C(CCNS(=O)(=O)c1c(Cl)cccc1Cl)NCCC1CCNC1. The van der Waals surface area contributed by atoms with Crippen LogP contribution in [0.25, 0.3) is 0 Å². The molecule has 6 nitrogen and oxygen atoms in total. The molecule has 0 spiro atoms. The van der Waals surface area contributed by atoms with Gasteiger partial charge in [-0.3, -0.25) is 4.79 Å². The van der Waals surface area contributed by atoms with E-state index in [-0.39, 0.29) is 46.2 Å². The van der Waals surface area contributed by atoms with Crippen LogP contribution in [0.4, 0.5) is 0 Å².